The maximum atomic E-state index is 11.7. The van der Waals surface area contributed by atoms with Crippen LogP contribution < -0.4 is 16.8 Å². The lowest BCUT2D eigenvalue weighted by Gasteiger charge is -2.10. The van der Waals surface area contributed by atoms with Crippen molar-refractivity contribution in [3.63, 3.8) is 0 Å². The summed E-state index contributed by atoms with van der Waals surface area (Å²) >= 11 is 0. The maximum Gasteiger partial charge on any atom is 0.251 e. The molecule has 0 heterocycles. The molecule has 1 aromatic carbocycles. The number of benzene rings is 1. The molecule has 1 aromatic rings. The van der Waals surface area contributed by atoms with Gasteiger partial charge in [0.05, 0.1) is 0 Å². The fraction of sp³-hybridized carbons (Fsp3) is 0.333. The highest BCUT2D eigenvalue weighted by Crippen LogP contribution is 2.04. The number of nitrogens with two attached hydrogens (primary N) is 2. The molecule has 0 spiro atoms. The topological polar surface area (TPSA) is 98.2 Å². The Morgan fingerprint density at radius 2 is 2.00 bits per heavy atom. The van der Waals surface area contributed by atoms with Crippen LogP contribution in [0.5, 0.6) is 0 Å². The number of hydrogen-bond donors (Lipinski definition) is 3. The van der Waals surface area contributed by atoms with E-state index in [0.29, 0.717) is 17.7 Å². The summed E-state index contributed by atoms with van der Waals surface area (Å²) < 4.78 is 0. The SMILES string of the molecule is CCC(N)CNC(=O)c1cccc(C(N)=O)c1. The van der Waals surface area contributed by atoms with Crippen LogP contribution in [0, 0.1) is 0 Å². The summed E-state index contributed by atoms with van der Waals surface area (Å²) in [6, 6.07) is 6.22. The van der Waals surface area contributed by atoms with Gasteiger partial charge in [-0.1, -0.05) is 13.0 Å². The van der Waals surface area contributed by atoms with Gasteiger partial charge in [-0.15, -0.1) is 0 Å². The molecule has 2 amide bonds. The molecule has 0 saturated heterocycles. The number of primary amides is 1. The van der Waals surface area contributed by atoms with Gasteiger partial charge in [0.15, 0.2) is 0 Å². The molecule has 0 aliphatic carbocycles. The zero-order valence-electron chi connectivity index (χ0n) is 9.77. The van der Waals surface area contributed by atoms with Crippen molar-refractivity contribution < 1.29 is 9.59 Å². The molecule has 0 saturated carbocycles. The van der Waals surface area contributed by atoms with Gasteiger partial charge in [-0.25, -0.2) is 0 Å². The summed E-state index contributed by atoms with van der Waals surface area (Å²) in [5.74, 6) is -0.804. The normalized spacial score (nSPS) is 11.9. The standard InChI is InChI=1S/C12H17N3O2/c1-2-10(13)7-15-12(17)9-5-3-4-8(6-9)11(14)16/h3-6,10H,2,7,13H2,1H3,(H2,14,16)(H,15,17). The Labute approximate surface area is 100 Å². The number of amides is 2. The first-order valence-electron chi connectivity index (χ1n) is 5.48. The van der Waals surface area contributed by atoms with Crippen molar-refractivity contribution in [3.8, 4) is 0 Å². The zero-order chi connectivity index (χ0) is 12.8. The first-order chi connectivity index (χ1) is 8.04. The Morgan fingerprint density at radius 1 is 1.35 bits per heavy atom. The van der Waals surface area contributed by atoms with Crippen LogP contribution >= 0.6 is 0 Å². The molecule has 0 aliphatic rings. The summed E-state index contributed by atoms with van der Waals surface area (Å²) in [5, 5.41) is 2.70. The highest BCUT2D eigenvalue weighted by Gasteiger charge is 2.09. The van der Waals surface area contributed by atoms with Gasteiger partial charge in [0.1, 0.15) is 0 Å². The smallest absolute Gasteiger partial charge is 0.251 e. The van der Waals surface area contributed by atoms with E-state index >= 15 is 0 Å². The first-order valence-corrected chi connectivity index (χ1v) is 5.48. The van der Waals surface area contributed by atoms with Gasteiger partial charge in [0.25, 0.3) is 5.91 Å². The first kappa shape index (κ1) is 13.2. The van der Waals surface area contributed by atoms with Gasteiger partial charge in [0, 0.05) is 23.7 Å². The van der Waals surface area contributed by atoms with Gasteiger partial charge in [-0.05, 0) is 24.6 Å². The molecular weight excluding hydrogens is 218 g/mol. The van der Waals surface area contributed by atoms with E-state index in [1.807, 2.05) is 6.92 Å². The fourth-order valence-corrected chi connectivity index (χ4v) is 1.28. The van der Waals surface area contributed by atoms with E-state index in [9.17, 15) is 9.59 Å². The number of carbonyl (C=O) groups is 2. The van der Waals surface area contributed by atoms with Crippen LogP contribution in [0.1, 0.15) is 34.1 Å². The minimum atomic E-state index is -0.551. The molecule has 0 aliphatic heterocycles. The molecular formula is C12H17N3O2. The summed E-state index contributed by atoms with van der Waals surface area (Å²) in [7, 11) is 0. The van der Waals surface area contributed by atoms with Gasteiger partial charge in [0.2, 0.25) is 5.91 Å². The minimum Gasteiger partial charge on any atom is -0.366 e. The lowest BCUT2D eigenvalue weighted by Crippen LogP contribution is -2.36. The van der Waals surface area contributed by atoms with E-state index in [4.69, 9.17) is 11.5 Å². The highest BCUT2D eigenvalue weighted by molar-refractivity contribution is 5.99. The van der Waals surface area contributed by atoms with Gasteiger partial charge in [-0.2, -0.15) is 0 Å². The fourth-order valence-electron chi connectivity index (χ4n) is 1.28. The van der Waals surface area contributed by atoms with Crippen molar-refractivity contribution in [1.82, 2.24) is 5.32 Å². The monoisotopic (exact) mass is 235 g/mol. The number of carbonyl (C=O) groups excluding carboxylic acids is 2. The van der Waals surface area contributed by atoms with Crippen LogP contribution in [0.15, 0.2) is 24.3 Å². The largest absolute Gasteiger partial charge is 0.366 e. The second-order valence-corrected chi connectivity index (χ2v) is 3.82. The zero-order valence-corrected chi connectivity index (χ0v) is 9.77. The van der Waals surface area contributed by atoms with Crippen LogP contribution in [0.25, 0.3) is 0 Å². The van der Waals surface area contributed by atoms with Crippen LogP contribution in [0.2, 0.25) is 0 Å². The lowest BCUT2D eigenvalue weighted by atomic mass is 10.1. The molecule has 5 nitrogen and oxygen atoms in total. The summed E-state index contributed by atoms with van der Waals surface area (Å²) in [6.45, 7) is 2.36. The lowest BCUT2D eigenvalue weighted by molar-refractivity contribution is 0.0951. The van der Waals surface area contributed by atoms with Crippen molar-refractivity contribution in [2.24, 2.45) is 11.5 Å². The quantitative estimate of drug-likeness (QED) is 0.682. The van der Waals surface area contributed by atoms with Crippen molar-refractivity contribution in [2.45, 2.75) is 19.4 Å². The molecule has 0 radical (unpaired) electrons. The predicted molar refractivity (Wildman–Crippen MR) is 65.6 cm³/mol. The summed E-state index contributed by atoms with van der Waals surface area (Å²) in [6.07, 6.45) is 0.793. The van der Waals surface area contributed by atoms with E-state index in [1.165, 1.54) is 6.07 Å². The highest BCUT2D eigenvalue weighted by atomic mass is 16.2. The molecule has 1 unspecified atom stereocenters. The van der Waals surface area contributed by atoms with Crippen LogP contribution in [0.3, 0.4) is 0 Å². The van der Waals surface area contributed by atoms with E-state index in [1.54, 1.807) is 18.2 Å². The molecule has 0 aromatic heterocycles. The maximum absolute atomic E-state index is 11.7. The van der Waals surface area contributed by atoms with Gasteiger partial charge in [-0.3, -0.25) is 9.59 Å². The van der Waals surface area contributed by atoms with Gasteiger partial charge < -0.3 is 16.8 Å². The molecule has 1 rings (SSSR count). The molecule has 5 N–H and O–H groups in total. The van der Waals surface area contributed by atoms with Crippen LogP contribution in [-0.2, 0) is 0 Å². The van der Waals surface area contributed by atoms with E-state index in [2.05, 4.69) is 5.32 Å². The third-order valence-corrected chi connectivity index (χ3v) is 2.46. The molecule has 1 atom stereocenters. The third-order valence-electron chi connectivity index (χ3n) is 2.46. The van der Waals surface area contributed by atoms with Crippen molar-refractivity contribution in [1.29, 1.82) is 0 Å². The third kappa shape index (κ3) is 3.88. The van der Waals surface area contributed by atoms with E-state index < -0.39 is 5.91 Å². The van der Waals surface area contributed by atoms with Crippen LogP contribution in [-0.4, -0.2) is 24.4 Å². The Kier molecular flexibility index (Phi) is 4.66. The van der Waals surface area contributed by atoms with E-state index in [0.717, 1.165) is 6.42 Å². The van der Waals surface area contributed by atoms with Crippen LogP contribution in [0.4, 0.5) is 0 Å². The molecule has 0 fully saturated rings. The van der Waals surface area contributed by atoms with Crippen molar-refractivity contribution >= 4 is 11.8 Å². The average Bonchev–Trinajstić information content (AvgIpc) is 2.35. The number of hydrogen-bond acceptors (Lipinski definition) is 3. The minimum absolute atomic E-state index is 0.0572. The van der Waals surface area contributed by atoms with Gasteiger partial charge >= 0.3 is 0 Å². The van der Waals surface area contributed by atoms with E-state index in [-0.39, 0.29) is 11.9 Å². The Bertz CT molecular complexity index is 418. The second kappa shape index (κ2) is 6.00. The Hall–Kier alpha value is -1.88. The second-order valence-electron chi connectivity index (χ2n) is 3.82. The average molecular weight is 235 g/mol. The Balaban J connectivity index is 2.69. The Morgan fingerprint density at radius 3 is 2.59 bits per heavy atom. The summed E-state index contributed by atoms with van der Waals surface area (Å²) in [4.78, 5) is 22.7. The molecule has 5 heteroatoms. The number of rotatable bonds is 5. The molecule has 92 valence electrons. The van der Waals surface area contributed by atoms with Crippen molar-refractivity contribution in [3.05, 3.63) is 35.4 Å². The number of nitrogens with one attached hydrogen (secondary N) is 1. The predicted octanol–water partition coefficient (Wildman–Crippen LogP) is 0.253. The van der Waals surface area contributed by atoms with Crippen molar-refractivity contribution in [2.75, 3.05) is 6.54 Å². The molecule has 0 bridgehead atoms. The summed E-state index contributed by atoms with van der Waals surface area (Å²) in [5.41, 5.74) is 11.5. The molecule has 17 heavy (non-hydrogen) atoms.